The first-order valence-corrected chi connectivity index (χ1v) is 14.8. The second-order valence-corrected chi connectivity index (χ2v) is 11.3. The summed E-state index contributed by atoms with van der Waals surface area (Å²) in [5, 5.41) is 19.6. The normalized spacial score (nSPS) is 11.8. The molecule has 4 rings (SSSR count). The van der Waals surface area contributed by atoms with E-state index in [9.17, 15) is 24.5 Å². The molecule has 1 atom stereocenters. The fourth-order valence-electron chi connectivity index (χ4n) is 4.37. The first-order chi connectivity index (χ1) is 21.2. The van der Waals surface area contributed by atoms with Crippen LogP contribution in [0.5, 0.6) is 0 Å². The second-order valence-electron chi connectivity index (χ2n) is 9.88. The van der Waals surface area contributed by atoms with Crippen molar-refractivity contribution in [3.63, 3.8) is 0 Å². The van der Waals surface area contributed by atoms with Crippen LogP contribution >= 0.6 is 11.8 Å². The molecule has 0 radical (unpaired) electrons. The molecule has 224 valence electrons. The van der Waals surface area contributed by atoms with E-state index >= 15 is 0 Å². The van der Waals surface area contributed by atoms with E-state index in [1.807, 2.05) is 39.0 Å². The molecule has 1 unspecified atom stereocenters. The SMILES string of the molecule is CCc1cccc(C)c1NC(=O)C(C)Sc1ccc(NC(=O)/C(=C/c2ccccc2[N+](=O)[O-])NC(=O)c2ccccc2)cc1. The third-order valence-electron chi connectivity index (χ3n) is 6.74. The number of benzene rings is 4. The number of rotatable bonds is 11. The summed E-state index contributed by atoms with van der Waals surface area (Å²) in [6, 6.07) is 27.1. The van der Waals surface area contributed by atoms with Crippen molar-refractivity contribution >= 4 is 52.6 Å². The maximum Gasteiger partial charge on any atom is 0.276 e. The van der Waals surface area contributed by atoms with Crippen molar-refractivity contribution in [1.82, 2.24) is 5.32 Å². The van der Waals surface area contributed by atoms with Gasteiger partial charge in [-0.25, -0.2) is 0 Å². The van der Waals surface area contributed by atoms with Crippen molar-refractivity contribution in [1.29, 1.82) is 0 Å². The van der Waals surface area contributed by atoms with Gasteiger partial charge >= 0.3 is 0 Å². The number of nitro benzene ring substituents is 1. The minimum absolute atomic E-state index is 0.115. The molecule has 0 aliphatic carbocycles. The first kappa shape index (κ1) is 31.7. The molecule has 10 heteroatoms. The van der Waals surface area contributed by atoms with Crippen LogP contribution < -0.4 is 16.0 Å². The van der Waals surface area contributed by atoms with Crippen molar-refractivity contribution < 1.29 is 19.3 Å². The molecule has 3 N–H and O–H groups in total. The zero-order chi connectivity index (χ0) is 31.6. The monoisotopic (exact) mass is 608 g/mol. The average Bonchev–Trinajstić information content (AvgIpc) is 3.03. The van der Waals surface area contributed by atoms with E-state index in [1.54, 1.807) is 60.7 Å². The van der Waals surface area contributed by atoms with E-state index in [4.69, 9.17) is 0 Å². The van der Waals surface area contributed by atoms with Gasteiger partial charge in [-0.3, -0.25) is 24.5 Å². The van der Waals surface area contributed by atoms with Gasteiger partial charge in [0.2, 0.25) is 5.91 Å². The van der Waals surface area contributed by atoms with E-state index in [0.717, 1.165) is 28.1 Å². The summed E-state index contributed by atoms with van der Waals surface area (Å²) in [4.78, 5) is 51.0. The van der Waals surface area contributed by atoms with Gasteiger partial charge in [0.25, 0.3) is 17.5 Å². The molecule has 4 aromatic carbocycles. The van der Waals surface area contributed by atoms with Gasteiger partial charge in [-0.1, -0.05) is 55.5 Å². The lowest BCUT2D eigenvalue weighted by molar-refractivity contribution is -0.385. The Kier molecular flexibility index (Phi) is 10.7. The van der Waals surface area contributed by atoms with Gasteiger partial charge in [-0.15, -0.1) is 11.8 Å². The topological polar surface area (TPSA) is 130 Å². The van der Waals surface area contributed by atoms with Crippen molar-refractivity contribution in [3.8, 4) is 0 Å². The molecular formula is C34H32N4O5S. The predicted molar refractivity (Wildman–Crippen MR) is 175 cm³/mol. The highest BCUT2D eigenvalue weighted by molar-refractivity contribution is 8.00. The second kappa shape index (κ2) is 14.8. The number of amides is 3. The molecule has 0 saturated heterocycles. The van der Waals surface area contributed by atoms with Crippen LogP contribution in [0.2, 0.25) is 0 Å². The molecule has 0 heterocycles. The molecule has 0 bridgehead atoms. The fraction of sp³-hybridized carbons (Fsp3) is 0.147. The molecule has 0 aromatic heterocycles. The smallest absolute Gasteiger partial charge is 0.276 e. The van der Waals surface area contributed by atoms with Crippen LogP contribution in [0.15, 0.2) is 108 Å². The number of nitrogens with one attached hydrogen (secondary N) is 3. The van der Waals surface area contributed by atoms with Gasteiger partial charge in [0.05, 0.1) is 15.7 Å². The van der Waals surface area contributed by atoms with Crippen molar-refractivity contribution in [2.75, 3.05) is 10.6 Å². The predicted octanol–water partition coefficient (Wildman–Crippen LogP) is 6.99. The summed E-state index contributed by atoms with van der Waals surface area (Å²) in [7, 11) is 0. The fourth-order valence-corrected chi connectivity index (χ4v) is 5.24. The maximum absolute atomic E-state index is 13.3. The van der Waals surface area contributed by atoms with Crippen molar-refractivity contribution in [2.45, 2.75) is 37.3 Å². The molecule has 4 aromatic rings. The molecule has 0 fully saturated rings. The number of para-hydroxylation sites is 2. The van der Waals surface area contributed by atoms with E-state index < -0.39 is 16.7 Å². The summed E-state index contributed by atoms with van der Waals surface area (Å²) in [5.74, 6) is -1.32. The number of aryl methyl sites for hydroxylation is 2. The van der Waals surface area contributed by atoms with Crippen molar-refractivity contribution in [2.24, 2.45) is 0 Å². The maximum atomic E-state index is 13.3. The molecule has 0 aliphatic rings. The number of nitrogens with zero attached hydrogens (tertiary/aromatic N) is 1. The Morgan fingerprint density at radius 1 is 0.886 bits per heavy atom. The molecule has 9 nitrogen and oxygen atoms in total. The van der Waals surface area contributed by atoms with Crippen LogP contribution in [-0.2, 0) is 16.0 Å². The number of carbonyl (C=O) groups is 3. The van der Waals surface area contributed by atoms with Crippen LogP contribution in [0.3, 0.4) is 0 Å². The van der Waals surface area contributed by atoms with Gasteiger partial charge in [-0.05, 0) is 79.9 Å². The molecule has 44 heavy (non-hydrogen) atoms. The van der Waals surface area contributed by atoms with Crippen LogP contribution in [0, 0.1) is 17.0 Å². The van der Waals surface area contributed by atoms with E-state index in [-0.39, 0.29) is 28.1 Å². The Morgan fingerprint density at radius 3 is 2.25 bits per heavy atom. The number of thioether (sulfide) groups is 1. The van der Waals surface area contributed by atoms with Gasteiger partial charge in [0.15, 0.2) is 0 Å². The highest BCUT2D eigenvalue weighted by atomic mass is 32.2. The third-order valence-corrected chi connectivity index (χ3v) is 7.86. The summed E-state index contributed by atoms with van der Waals surface area (Å²) in [6.45, 7) is 5.84. The van der Waals surface area contributed by atoms with Gasteiger partial charge < -0.3 is 16.0 Å². The Hall–Kier alpha value is -5.22. The molecule has 3 amide bonds. The molecular weight excluding hydrogens is 576 g/mol. The molecule has 0 aliphatic heterocycles. The zero-order valence-corrected chi connectivity index (χ0v) is 25.3. The summed E-state index contributed by atoms with van der Waals surface area (Å²) < 4.78 is 0. The summed E-state index contributed by atoms with van der Waals surface area (Å²) in [5.41, 5.74) is 3.46. The van der Waals surface area contributed by atoms with Crippen LogP contribution in [0.25, 0.3) is 6.08 Å². The molecule has 0 saturated carbocycles. The lowest BCUT2D eigenvalue weighted by atomic mass is 10.1. The summed E-state index contributed by atoms with van der Waals surface area (Å²) in [6.07, 6.45) is 2.08. The van der Waals surface area contributed by atoms with Crippen molar-refractivity contribution in [3.05, 3.63) is 135 Å². The minimum Gasteiger partial charge on any atom is -0.325 e. The van der Waals surface area contributed by atoms with Gasteiger partial charge in [0.1, 0.15) is 5.70 Å². The minimum atomic E-state index is -0.662. The number of nitro groups is 1. The Bertz CT molecular complexity index is 1700. The standard InChI is InChI=1S/C34H32N4O5S/c1-4-24-15-10-11-22(2)31(24)37-32(39)23(3)44-28-19-17-27(18-20-28)35-34(41)29(36-33(40)25-12-6-5-7-13-25)21-26-14-8-9-16-30(26)38(42)43/h5-21,23H,4H2,1-3H3,(H,35,41)(H,36,40)(H,37,39)/b29-21-. The average molecular weight is 609 g/mol. The number of anilines is 2. The number of hydrogen-bond donors (Lipinski definition) is 3. The Labute approximate surface area is 259 Å². The van der Waals surface area contributed by atoms with Crippen LogP contribution in [0.4, 0.5) is 17.1 Å². The van der Waals surface area contributed by atoms with Crippen LogP contribution in [0.1, 0.15) is 40.9 Å². The highest BCUT2D eigenvalue weighted by Crippen LogP contribution is 2.28. The quantitative estimate of drug-likeness (QED) is 0.0728. The van der Waals surface area contributed by atoms with E-state index in [0.29, 0.717) is 11.3 Å². The van der Waals surface area contributed by atoms with Crippen LogP contribution in [-0.4, -0.2) is 27.9 Å². The Morgan fingerprint density at radius 2 is 1.57 bits per heavy atom. The van der Waals surface area contributed by atoms with Gasteiger partial charge in [0, 0.05) is 27.9 Å². The largest absolute Gasteiger partial charge is 0.325 e. The highest BCUT2D eigenvalue weighted by Gasteiger charge is 2.20. The molecule has 0 spiro atoms. The lowest BCUT2D eigenvalue weighted by Gasteiger charge is -2.16. The lowest BCUT2D eigenvalue weighted by Crippen LogP contribution is -2.30. The number of hydrogen-bond acceptors (Lipinski definition) is 6. The zero-order valence-electron chi connectivity index (χ0n) is 24.5. The Balaban J connectivity index is 1.48. The first-order valence-electron chi connectivity index (χ1n) is 13.9. The number of carbonyl (C=O) groups excluding carboxylic acids is 3. The summed E-state index contributed by atoms with van der Waals surface area (Å²) >= 11 is 1.38. The van der Waals surface area contributed by atoms with E-state index in [1.165, 1.54) is 36.0 Å². The third kappa shape index (κ3) is 8.20. The van der Waals surface area contributed by atoms with Gasteiger partial charge in [-0.2, -0.15) is 0 Å². The van der Waals surface area contributed by atoms with E-state index in [2.05, 4.69) is 16.0 Å².